The molecule has 0 bridgehead atoms. The maximum Gasteiger partial charge on any atom is 0.122 e. The van der Waals surface area contributed by atoms with Crippen molar-refractivity contribution in [2.75, 3.05) is 14.2 Å². The summed E-state index contributed by atoms with van der Waals surface area (Å²) >= 11 is 0. The minimum atomic E-state index is -0.439. The maximum absolute atomic E-state index is 10.1. The summed E-state index contributed by atoms with van der Waals surface area (Å²) in [6, 6.07) is 5.55. The van der Waals surface area contributed by atoms with Gasteiger partial charge < -0.3 is 14.6 Å². The fourth-order valence-corrected chi connectivity index (χ4v) is 1.95. The van der Waals surface area contributed by atoms with Crippen molar-refractivity contribution in [3.05, 3.63) is 23.8 Å². The molecule has 0 amide bonds. The summed E-state index contributed by atoms with van der Waals surface area (Å²) in [6.45, 7) is 2.18. The van der Waals surface area contributed by atoms with Gasteiger partial charge in [0.05, 0.1) is 20.3 Å². The highest BCUT2D eigenvalue weighted by Gasteiger charge is 2.10. The lowest BCUT2D eigenvalue weighted by Crippen LogP contribution is -1.99. The van der Waals surface area contributed by atoms with E-state index in [9.17, 15) is 5.11 Å². The highest BCUT2D eigenvalue weighted by molar-refractivity contribution is 5.39. The Morgan fingerprint density at radius 2 is 1.61 bits per heavy atom. The lowest BCUT2D eigenvalue weighted by atomic mass is 10.0. The van der Waals surface area contributed by atoms with Crippen LogP contribution < -0.4 is 9.47 Å². The van der Waals surface area contributed by atoms with E-state index in [1.54, 1.807) is 14.2 Å². The predicted octanol–water partition coefficient (Wildman–Crippen LogP) is 3.71. The van der Waals surface area contributed by atoms with Gasteiger partial charge in [0.1, 0.15) is 11.5 Å². The normalized spacial score (nSPS) is 12.2. The first-order valence-corrected chi connectivity index (χ1v) is 6.62. The molecule has 1 aromatic rings. The Morgan fingerprint density at radius 1 is 1.00 bits per heavy atom. The van der Waals surface area contributed by atoms with Crippen molar-refractivity contribution in [2.45, 2.75) is 45.1 Å². The standard InChI is InChI=1S/C15H24O3/c1-4-5-6-7-8-15(16)12-9-13(17-2)11-14(10-12)18-3/h9-11,15-16H,4-8H2,1-3H3. The van der Waals surface area contributed by atoms with Gasteiger partial charge in [0.25, 0.3) is 0 Å². The molecule has 0 aliphatic rings. The van der Waals surface area contributed by atoms with Crippen LogP contribution in [0.4, 0.5) is 0 Å². The number of hydrogen-bond acceptors (Lipinski definition) is 3. The Hall–Kier alpha value is -1.22. The first kappa shape index (κ1) is 14.8. The predicted molar refractivity (Wildman–Crippen MR) is 73.3 cm³/mol. The molecule has 0 aliphatic carbocycles. The molecule has 0 saturated heterocycles. The van der Waals surface area contributed by atoms with E-state index in [0.29, 0.717) is 0 Å². The molecule has 0 saturated carbocycles. The summed E-state index contributed by atoms with van der Waals surface area (Å²) in [5, 5.41) is 10.1. The SMILES string of the molecule is CCCCCCC(O)c1cc(OC)cc(OC)c1. The second-order valence-corrected chi connectivity index (χ2v) is 4.51. The lowest BCUT2D eigenvalue weighted by Gasteiger charge is -2.13. The number of unbranched alkanes of at least 4 members (excludes halogenated alkanes) is 3. The summed E-state index contributed by atoms with van der Waals surface area (Å²) in [6.07, 6.45) is 5.02. The highest BCUT2D eigenvalue weighted by atomic mass is 16.5. The van der Waals surface area contributed by atoms with Crippen LogP contribution in [0.1, 0.15) is 50.7 Å². The zero-order valence-electron chi connectivity index (χ0n) is 11.6. The fourth-order valence-electron chi connectivity index (χ4n) is 1.95. The Balaban J connectivity index is 2.63. The van der Waals surface area contributed by atoms with E-state index in [1.807, 2.05) is 18.2 Å². The van der Waals surface area contributed by atoms with E-state index in [2.05, 4.69) is 6.92 Å². The van der Waals surface area contributed by atoms with Crippen LogP contribution >= 0.6 is 0 Å². The van der Waals surface area contributed by atoms with E-state index in [0.717, 1.165) is 29.9 Å². The zero-order valence-corrected chi connectivity index (χ0v) is 11.6. The zero-order chi connectivity index (χ0) is 13.4. The van der Waals surface area contributed by atoms with E-state index in [-0.39, 0.29) is 0 Å². The van der Waals surface area contributed by atoms with Gasteiger partial charge in [-0.3, -0.25) is 0 Å². The van der Waals surface area contributed by atoms with Crippen molar-refractivity contribution < 1.29 is 14.6 Å². The number of rotatable bonds is 8. The van der Waals surface area contributed by atoms with Crippen molar-refractivity contribution >= 4 is 0 Å². The van der Waals surface area contributed by atoms with Gasteiger partial charge in [0.15, 0.2) is 0 Å². The summed E-state index contributed by atoms with van der Waals surface area (Å²) in [7, 11) is 3.23. The summed E-state index contributed by atoms with van der Waals surface area (Å²) < 4.78 is 10.4. The van der Waals surface area contributed by atoms with Crippen LogP contribution in [0.3, 0.4) is 0 Å². The molecule has 1 unspecified atom stereocenters. The Labute approximate surface area is 110 Å². The molecule has 1 atom stereocenters. The van der Waals surface area contributed by atoms with Gasteiger partial charge in [0.2, 0.25) is 0 Å². The van der Waals surface area contributed by atoms with E-state index in [4.69, 9.17) is 9.47 Å². The monoisotopic (exact) mass is 252 g/mol. The minimum Gasteiger partial charge on any atom is -0.497 e. The van der Waals surface area contributed by atoms with Gasteiger partial charge in [-0.15, -0.1) is 0 Å². The number of hydrogen-bond donors (Lipinski definition) is 1. The quantitative estimate of drug-likeness (QED) is 0.717. The number of aliphatic hydroxyl groups is 1. The maximum atomic E-state index is 10.1. The molecule has 18 heavy (non-hydrogen) atoms. The molecule has 0 heterocycles. The molecule has 0 aliphatic heterocycles. The van der Waals surface area contributed by atoms with Gasteiger partial charge in [0, 0.05) is 6.07 Å². The molecule has 1 aromatic carbocycles. The molecule has 1 rings (SSSR count). The molecule has 0 aromatic heterocycles. The van der Waals surface area contributed by atoms with E-state index in [1.165, 1.54) is 19.3 Å². The molecular formula is C15H24O3. The van der Waals surface area contributed by atoms with Crippen molar-refractivity contribution in [2.24, 2.45) is 0 Å². The third kappa shape index (κ3) is 4.57. The fraction of sp³-hybridized carbons (Fsp3) is 0.600. The Morgan fingerprint density at radius 3 is 2.11 bits per heavy atom. The molecule has 3 nitrogen and oxygen atoms in total. The van der Waals surface area contributed by atoms with Gasteiger partial charge in [-0.25, -0.2) is 0 Å². The third-order valence-electron chi connectivity index (χ3n) is 3.09. The number of benzene rings is 1. The second kappa shape index (κ2) is 7.98. The molecule has 102 valence electrons. The smallest absolute Gasteiger partial charge is 0.122 e. The van der Waals surface area contributed by atoms with E-state index >= 15 is 0 Å². The lowest BCUT2D eigenvalue weighted by molar-refractivity contribution is 0.162. The summed E-state index contributed by atoms with van der Waals surface area (Å²) in [5.74, 6) is 1.44. The topological polar surface area (TPSA) is 38.7 Å². The van der Waals surface area contributed by atoms with Crippen LogP contribution in [-0.4, -0.2) is 19.3 Å². The van der Waals surface area contributed by atoms with Gasteiger partial charge in [-0.1, -0.05) is 32.6 Å². The van der Waals surface area contributed by atoms with Crippen LogP contribution in [-0.2, 0) is 0 Å². The van der Waals surface area contributed by atoms with Crippen molar-refractivity contribution in [1.29, 1.82) is 0 Å². The second-order valence-electron chi connectivity index (χ2n) is 4.51. The Kier molecular flexibility index (Phi) is 6.58. The highest BCUT2D eigenvalue weighted by Crippen LogP contribution is 2.28. The first-order chi connectivity index (χ1) is 8.71. The molecular weight excluding hydrogens is 228 g/mol. The average Bonchev–Trinajstić information content (AvgIpc) is 2.42. The average molecular weight is 252 g/mol. The number of aliphatic hydroxyl groups excluding tert-OH is 1. The molecule has 1 N–H and O–H groups in total. The summed E-state index contributed by atoms with van der Waals surface area (Å²) in [5.41, 5.74) is 0.864. The minimum absolute atomic E-state index is 0.439. The molecule has 3 heteroatoms. The number of methoxy groups -OCH3 is 2. The van der Waals surface area contributed by atoms with Crippen molar-refractivity contribution in [3.8, 4) is 11.5 Å². The summed E-state index contributed by atoms with van der Waals surface area (Å²) in [4.78, 5) is 0. The van der Waals surface area contributed by atoms with Crippen molar-refractivity contribution in [3.63, 3.8) is 0 Å². The number of ether oxygens (including phenoxy) is 2. The van der Waals surface area contributed by atoms with Crippen LogP contribution in [0, 0.1) is 0 Å². The largest absolute Gasteiger partial charge is 0.497 e. The molecule has 0 radical (unpaired) electrons. The van der Waals surface area contributed by atoms with Crippen molar-refractivity contribution in [1.82, 2.24) is 0 Å². The van der Waals surface area contributed by atoms with Crippen LogP contribution in [0.15, 0.2) is 18.2 Å². The molecule has 0 spiro atoms. The van der Waals surface area contributed by atoms with Crippen LogP contribution in [0.5, 0.6) is 11.5 Å². The first-order valence-electron chi connectivity index (χ1n) is 6.62. The van der Waals surface area contributed by atoms with Gasteiger partial charge >= 0.3 is 0 Å². The van der Waals surface area contributed by atoms with Crippen LogP contribution in [0.25, 0.3) is 0 Å². The van der Waals surface area contributed by atoms with Gasteiger partial charge in [-0.2, -0.15) is 0 Å². The van der Waals surface area contributed by atoms with Crippen LogP contribution in [0.2, 0.25) is 0 Å². The van der Waals surface area contributed by atoms with Gasteiger partial charge in [-0.05, 0) is 24.1 Å². The third-order valence-corrected chi connectivity index (χ3v) is 3.09. The molecule has 0 fully saturated rings. The van der Waals surface area contributed by atoms with E-state index < -0.39 is 6.10 Å². The Bertz CT molecular complexity index is 327.